The molecule has 0 saturated carbocycles. The van der Waals surface area contributed by atoms with Gasteiger partial charge in [-0.15, -0.1) is 0 Å². The van der Waals surface area contributed by atoms with Crippen molar-refractivity contribution in [2.24, 2.45) is 5.73 Å². The summed E-state index contributed by atoms with van der Waals surface area (Å²) in [7, 11) is 1.95. The van der Waals surface area contributed by atoms with Crippen LogP contribution in [0.4, 0.5) is 10.2 Å². The van der Waals surface area contributed by atoms with Crippen LogP contribution in [0.15, 0.2) is 42.6 Å². The molecular weight excluding hydrogens is 229 g/mol. The van der Waals surface area contributed by atoms with E-state index in [-0.39, 0.29) is 5.82 Å². The van der Waals surface area contributed by atoms with Gasteiger partial charge in [0.05, 0.1) is 0 Å². The first-order valence-electron chi connectivity index (χ1n) is 5.79. The zero-order valence-electron chi connectivity index (χ0n) is 10.3. The molecular formula is C14H16FN3. The van der Waals surface area contributed by atoms with Gasteiger partial charge in [0, 0.05) is 26.3 Å². The van der Waals surface area contributed by atoms with Gasteiger partial charge in [-0.2, -0.15) is 0 Å². The highest BCUT2D eigenvalue weighted by Gasteiger charge is 2.03. The van der Waals surface area contributed by atoms with E-state index in [2.05, 4.69) is 4.98 Å². The van der Waals surface area contributed by atoms with E-state index in [0.29, 0.717) is 13.1 Å². The molecule has 1 aromatic heterocycles. The summed E-state index contributed by atoms with van der Waals surface area (Å²) in [5.74, 6) is 0.656. The molecule has 4 heteroatoms. The molecule has 1 aromatic carbocycles. The van der Waals surface area contributed by atoms with E-state index in [1.807, 2.05) is 24.1 Å². The van der Waals surface area contributed by atoms with Crippen LogP contribution < -0.4 is 10.6 Å². The molecule has 0 aliphatic rings. The number of hydrogen-bond acceptors (Lipinski definition) is 3. The number of nitrogens with zero attached hydrogens (tertiary/aromatic N) is 2. The lowest BCUT2D eigenvalue weighted by Gasteiger charge is -2.18. The molecule has 18 heavy (non-hydrogen) atoms. The molecule has 0 aliphatic heterocycles. The second kappa shape index (κ2) is 5.60. The summed E-state index contributed by atoms with van der Waals surface area (Å²) in [5.41, 5.74) is 7.58. The van der Waals surface area contributed by atoms with Crippen molar-refractivity contribution in [2.75, 3.05) is 11.9 Å². The van der Waals surface area contributed by atoms with Gasteiger partial charge in [0.2, 0.25) is 0 Å². The van der Waals surface area contributed by atoms with Crippen molar-refractivity contribution in [3.05, 3.63) is 59.5 Å². The Labute approximate surface area is 106 Å². The maximum absolute atomic E-state index is 12.8. The molecule has 0 radical (unpaired) electrons. The summed E-state index contributed by atoms with van der Waals surface area (Å²) < 4.78 is 12.8. The van der Waals surface area contributed by atoms with Crippen LogP contribution in [-0.4, -0.2) is 12.0 Å². The van der Waals surface area contributed by atoms with E-state index in [0.717, 1.165) is 16.9 Å². The second-order valence-corrected chi connectivity index (χ2v) is 4.21. The molecule has 0 spiro atoms. The Hall–Kier alpha value is -1.94. The maximum Gasteiger partial charge on any atom is 0.128 e. The molecule has 0 saturated heterocycles. The van der Waals surface area contributed by atoms with Gasteiger partial charge >= 0.3 is 0 Å². The third-order valence-corrected chi connectivity index (χ3v) is 2.77. The van der Waals surface area contributed by atoms with E-state index in [9.17, 15) is 4.39 Å². The molecule has 1 heterocycles. The number of halogens is 1. The molecule has 0 fully saturated rings. The van der Waals surface area contributed by atoms with E-state index in [1.54, 1.807) is 18.3 Å². The summed E-state index contributed by atoms with van der Waals surface area (Å²) in [6, 6.07) is 10.4. The van der Waals surface area contributed by atoms with E-state index in [4.69, 9.17) is 5.73 Å². The lowest BCUT2D eigenvalue weighted by Crippen LogP contribution is -2.17. The molecule has 0 atom stereocenters. The van der Waals surface area contributed by atoms with Crippen LogP contribution in [0, 0.1) is 5.82 Å². The summed E-state index contributed by atoms with van der Waals surface area (Å²) in [6.45, 7) is 1.18. The minimum absolute atomic E-state index is 0.216. The van der Waals surface area contributed by atoms with Crippen LogP contribution in [0.1, 0.15) is 11.1 Å². The predicted molar refractivity (Wildman–Crippen MR) is 70.6 cm³/mol. The van der Waals surface area contributed by atoms with E-state index < -0.39 is 0 Å². The van der Waals surface area contributed by atoms with Crippen molar-refractivity contribution in [3.63, 3.8) is 0 Å². The molecule has 94 valence electrons. The molecule has 0 aliphatic carbocycles. The molecule has 0 unspecified atom stereocenters. The average Bonchev–Trinajstić information content (AvgIpc) is 2.41. The van der Waals surface area contributed by atoms with Gasteiger partial charge in [-0.25, -0.2) is 9.37 Å². The first-order chi connectivity index (χ1) is 8.69. The molecule has 0 bridgehead atoms. The van der Waals surface area contributed by atoms with Crippen LogP contribution in [0.5, 0.6) is 0 Å². The van der Waals surface area contributed by atoms with Crippen LogP contribution in [0.25, 0.3) is 0 Å². The summed E-state index contributed by atoms with van der Waals surface area (Å²) in [5, 5.41) is 0. The number of nitrogens with two attached hydrogens (primary N) is 1. The second-order valence-electron chi connectivity index (χ2n) is 4.21. The lowest BCUT2D eigenvalue weighted by atomic mass is 10.2. The molecule has 2 N–H and O–H groups in total. The first kappa shape index (κ1) is 12.5. The summed E-state index contributed by atoms with van der Waals surface area (Å²) in [4.78, 5) is 6.34. The van der Waals surface area contributed by atoms with Gasteiger partial charge in [0.15, 0.2) is 0 Å². The third kappa shape index (κ3) is 3.05. The lowest BCUT2D eigenvalue weighted by molar-refractivity contribution is 0.627. The molecule has 2 rings (SSSR count). The monoisotopic (exact) mass is 245 g/mol. The van der Waals surface area contributed by atoms with Gasteiger partial charge in [-0.1, -0.05) is 18.2 Å². The van der Waals surface area contributed by atoms with Crippen LogP contribution in [-0.2, 0) is 13.1 Å². The fourth-order valence-electron chi connectivity index (χ4n) is 1.71. The number of rotatable bonds is 4. The highest BCUT2D eigenvalue weighted by Crippen LogP contribution is 2.13. The number of pyridine rings is 1. The Morgan fingerprint density at radius 2 is 1.78 bits per heavy atom. The van der Waals surface area contributed by atoms with Crippen molar-refractivity contribution in [2.45, 2.75) is 13.1 Å². The number of hydrogen-bond donors (Lipinski definition) is 1. The van der Waals surface area contributed by atoms with E-state index in [1.165, 1.54) is 12.1 Å². The smallest absolute Gasteiger partial charge is 0.128 e. The van der Waals surface area contributed by atoms with Crippen molar-refractivity contribution >= 4 is 5.82 Å². The zero-order valence-corrected chi connectivity index (χ0v) is 10.3. The topological polar surface area (TPSA) is 42.1 Å². The molecule has 3 nitrogen and oxygen atoms in total. The normalized spacial score (nSPS) is 10.4. The van der Waals surface area contributed by atoms with Crippen LogP contribution in [0.2, 0.25) is 0 Å². The highest BCUT2D eigenvalue weighted by molar-refractivity contribution is 5.39. The number of benzene rings is 1. The fraction of sp³-hybridized carbons (Fsp3) is 0.214. The maximum atomic E-state index is 12.8. The third-order valence-electron chi connectivity index (χ3n) is 2.77. The van der Waals surface area contributed by atoms with Crippen molar-refractivity contribution < 1.29 is 4.39 Å². The highest BCUT2D eigenvalue weighted by atomic mass is 19.1. The van der Waals surface area contributed by atoms with Gasteiger partial charge in [-0.05, 0) is 29.3 Å². The summed E-state index contributed by atoms with van der Waals surface area (Å²) in [6.07, 6.45) is 1.77. The Bertz CT molecular complexity index is 493. The minimum atomic E-state index is -0.216. The van der Waals surface area contributed by atoms with Gasteiger partial charge in [0.25, 0.3) is 0 Å². The Morgan fingerprint density at radius 3 is 2.33 bits per heavy atom. The first-order valence-corrected chi connectivity index (χ1v) is 5.79. The van der Waals surface area contributed by atoms with Crippen LogP contribution >= 0.6 is 0 Å². The Morgan fingerprint density at radius 1 is 1.11 bits per heavy atom. The largest absolute Gasteiger partial charge is 0.355 e. The molecule has 0 amide bonds. The Balaban J connectivity index is 2.06. The molecule has 2 aromatic rings. The number of aromatic nitrogens is 1. The van der Waals surface area contributed by atoms with Gasteiger partial charge in [-0.3, -0.25) is 0 Å². The zero-order chi connectivity index (χ0) is 13.0. The van der Waals surface area contributed by atoms with E-state index >= 15 is 0 Å². The van der Waals surface area contributed by atoms with Crippen molar-refractivity contribution in [3.8, 4) is 0 Å². The standard InChI is InChI=1S/C14H16FN3/c1-18(10-11-2-5-13(15)6-3-11)14-7-4-12(8-16)9-17-14/h2-7,9H,8,10,16H2,1H3. The summed E-state index contributed by atoms with van der Waals surface area (Å²) >= 11 is 0. The van der Waals surface area contributed by atoms with Gasteiger partial charge < -0.3 is 10.6 Å². The quantitative estimate of drug-likeness (QED) is 0.898. The SMILES string of the molecule is CN(Cc1ccc(F)cc1)c1ccc(CN)cn1. The average molecular weight is 245 g/mol. The number of anilines is 1. The van der Waals surface area contributed by atoms with Gasteiger partial charge in [0.1, 0.15) is 11.6 Å². The minimum Gasteiger partial charge on any atom is -0.355 e. The Kier molecular flexibility index (Phi) is 3.89. The van der Waals surface area contributed by atoms with Crippen molar-refractivity contribution in [1.82, 2.24) is 4.98 Å². The van der Waals surface area contributed by atoms with Crippen LogP contribution in [0.3, 0.4) is 0 Å². The van der Waals surface area contributed by atoms with Crippen molar-refractivity contribution in [1.29, 1.82) is 0 Å². The fourth-order valence-corrected chi connectivity index (χ4v) is 1.71. The predicted octanol–water partition coefficient (Wildman–Crippen LogP) is 2.32.